The van der Waals surface area contributed by atoms with Gasteiger partial charge in [0, 0.05) is 6.42 Å². The smallest absolute Gasteiger partial charge is 0.481 e. The summed E-state index contributed by atoms with van der Waals surface area (Å²) in [5.41, 5.74) is 2.10. The fourth-order valence-electron chi connectivity index (χ4n) is 1.43. The molecule has 0 saturated heterocycles. The molecular weight excluding hydrogens is 195 g/mol. The van der Waals surface area contributed by atoms with Crippen molar-refractivity contribution < 1.29 is 19.9 Å². The van der Waals surface area contributed by atoms with E-state index in [-0.39, 0.29) is 6.42 Å². The minimum absolute atomic E-state index is 0.0838. The quantitative estimate of drug-likeness (QED) is 0.593. The molecule has 0 aliphatic carbocycles. The number of aliphatic carboxylic acids is 1. The van der Waals surface area contributed by atoms with E-state index < -0.39 is 13.1 Å². The first-order chi connectivity index (χ1) is 7.00. The van der Waals surface area contributed by atoms with Crippen LogP contribution >= 0.6 is 0 Å². The van der Waals surface area contributed by atoms with Gasteiger partial charge in [-0.3, -0.25) is 4.79 Å². The summed E-state index contributed by atoms with van der Waals surface area (Å²) in [7, 11) is -1.47. The van der Waals surface area contributed by atoms with Gasteiger partial charge in [0.25, 0.3) is 0 Å². The molecule has 0 bridgehead atoms. The molecular formula is C10H13BO4. The lowest BCUT2D eigenvalue weighted by Gasteiger charge is -2.06. The first kappa shape index (κ1) is 11.7. The summed E-state index contributed by atoms with van der Waals surface area (Å²) in [6.45, 7) is 1.76. The van der Waals surface area contributed by atoms with Gasteiger partial charge in [0.1, 0.15) is 0 Å². The number of aryl methyl sites for hydroxylation is 2. The summed E-state index contributed by atoms with van der Waals surface area (Å²) in [5.74, 6) is -0.834. The topological polar surface area (TPSA) is 77.8 Å². The minimum Gasteiger partial charge on any atom is -0.481 e. The number of hydrogen-bond acceptors (Lipinski definition) is 3. The average Bonchev–Trinajstić information content (AvgIpc) is 2.14. The molecule has 0 aliphatic heterocycles. The Hall–Kier alpha value is -1.33. The maximum Gasteiger partial charge on any atom is 0.488 e. The lowest BCUT2D eigenvalue weighted by atomic mass is 9.77. The Kier molecular flexibility index (Phi) is 3.88. The van der Waals surface area contributed by atoms with E-state index in [9.17, 15) is 4.79 Å². The molecule has 80 valence electrons. The van der Waals surface area contributed by atoms with Crippen molar-refractivity contribution in [2.75, 3.05) is 0 Å². The largest absolute Gasteiger partial charge is 0.488 e. The normalized spacial score (nSPS) is 10.1. The Balaban J connectivity index is 2.77. The second-order valence-corrected chi connectivity index (χ2v) is 3.46. The van der Waals surface area contributed by atoms with Gasteiger partial charge in [-0.05, 0) is 24.4 Å². The number of carboxylic acids is 1. The molecule has 0 saturated carbocycles. The Bertz CT molecular complexity index is 362. The molecule has 0 atom stereocenters. The van der Waals surface area contributed by atoms with Crippen LogP contribution in [0.5, 0.6) is 0 Å². The van der Waals surface area contributed by atoms with E-state index in [0.29, 0.717) is 11.9 Å². The van der Waals surface area contributed by atoms with Gasteiger partial charge in [-0.15, -0.1) is 0 Å². The van der Waals surface area contributed by atoms with Crippen molar-refractivity contribution in [2.24, 2.45) is 0 Å². The maximum absolute atomic E-state index is 10.4. The van der Waals surface area contributed by atoms with Crippen molar-refractivity contribution in [3.8, 4) is 0 Å². The van der Waals surface area contributed by atoms with Gasteiger partial charge in [-0.2, -0.15) is 0 Å². The number of rotatable bonds is 4. The third-order valence-corrected chi connectivity index (χ3v) is 2.24. The number of benzene rings is 1. The average molecular weight is 208 g/mol. The van der Waals surface area contributed by atoms with Crippen molar-refractivity contribution in [3.05, 3.63) is 29.3 Å². The molecule has 0 radical (unpaired) electrons. The Morgan fingerprint density at radius 3 is 2.53 bits per heavy atom. The van der Waals surface area contributed by atoms with Gasteiger partial charge in [0.05, 0.1) is 0 Å². The van der Waals surface area contributed by atoms with E-state index in [2.05, 4.69) is 0 Å². The van der Waals surface area contributed by atoms with Gasteiger partial charge in [-0.1, -0.05) is 23.8 Å². The van der Waals surface area contributed by atoms with Crippen LogP contribution in [-0.4, -0.2) is 28.2 Å². The molecule has 0 spiro atoms. The predicted molar refractivity (Wildman–Crippen MR) is 57.0 cm³/mol. The number of carbonyl (C=O) groups is 1. The molecule has 3 N–H and O–H groups in total. The second kappa shape index (κ2) is 4.95. The van der Waals surface area contributed by atoms with E-state index in [1.165, 1.54) is 0 Å². The molecule has 0 amide bonds. The summed E-state index contributed by atoms with van der Waals surface area (Å²) >= 11 is 0. The van der Waals surface area contributed by atoms with Crippen molar-refractivity contribution >= 4 is 18.6 Å². The molecule has 0 aromatic heterocycles. The monoisotopic (exact) mass is 208 g/mol. The van der Waals surface area contributed by atoms with Crippen LogP contribution in [0.3, 0.4) is 0 Å². The lowest BCUT2D eigenvalue weighted by molar-refractivity contribution is -0.136. The van der Waals surface area contributed by atoms with Crippen LogP contribution in [0, 0.1) is 6.92 Å². The zero-order valence-electron chi connectivity index (χ0n) is 8.47. The summed E-state index contributed by atoms with van der Waals surface area (Å²) in [6, 6.07) is 5.10. The van der Waals surface area contributed by atoms with Crippen molar-refractivity contribution in [1.82, 2.24) is 0 Å². The molecule has 4 nitrogen and oxygen atoms in total. The van der Waals surface area contributed by atoms with Gasteiger partial charge < -0.3 is 15.2 Å². The van der Waals surface area contributed by atoms with Crippen LogP contribution in [0.15, 0.2) is 18.2 Å². The molecule has 0 aliphatic rings. The minimum atomic E-state index is -1.47. The summed E-state index contributed by atoms with van der Waals surface area (Å²) < 4.78 is 0. The van der Waals surface area contributed by atoms with E-state index in [0.717, 1.165) is 11.1 Å². The maximum atomic E-state index is 10.4. The summed E-state index contributed by atoms with van der Waals surface area (Å²) in [4.78, 5) is 10.4. The Morgan fingerprint density at radius 1 is 1.40 bits per heavy atom. The van der Waals surface area contributed by atoms with Crippen LogP contribution in [-0.2, 0) is 11.2 Å². The van der Waals surface area contributed by atoms with Crippen molar-refractivity contribution in [1.29, 1.82) is 0 Å². The Labute approximate surface area is 88.3 Å². The van der Waals surface area contributed by atoms with Crippen LogP contribution in [0.1, 0.15) is 17.5 Å². The summed E-state index contributed by atoms with van der Waals surface area (Å²) in [5, 5.41) is 26.5. The zero-order valence-corrected chi connectivity index (χ0v) is 8.47. The standard InChI is InChI=1S/C10H13BO4/c1-7-6-8(3-5-10(12)13)2-4-9(7)11(14)15/h2,4,6,14-15H,3,5H2,1H3,(H,12,13). The van der Waals surface area contributed by atoms with Gasteiger partial charge in [0.15, 0.2) is 0 Å². The van der Waals surface area contributed by atoms with Crippen LogP contribution in [0.25, 0.3) is 0 Å². The Morgan fingerprint density at radius 2 is 2.07 bits per heavy atom. The zero-order chi connectivity index (χ0) is 11.4. The van der Waals surface area contributed by atoms with E-state index in [4.69, 9.17) is 15.2 Å². The fourth-order valence-corrected chi connectivity index (χ4v) is 1.43. The van der Waals surface area contributed by atoms with Crippen LogP contribution in [0.4, 0.5) is 0 Å². The molecule has 15 heavy (non-hydrogen) atoms. The highest BCUT2D eigenvalue weighted by molar-refractivity contribution is 6.59. The first-order valence-electron chi connectivity index (χ1n) is 4.68. The molecule has 1 aromatic rings. The number of carboxylic acid groups (broad SMARTS) is 1. The van der Waals surface area contributed by atoms with Crippen LogP contribution < -0.4 is 5.46 Å². The molecule has 0 heterocycles. The van der Waals surface area contributed by atoms with Crippen LogP contribution in [0.2, 0.25) is 0 Å². The van der Waals surface area contributed by atoms with Gasteiger partial charge in [0.2, 0.25) is 0 Å². The SMILES string of the molecule is Cc1cc(CCC(=O)O)ccc1B(O)O. The fraction of sp³-hybridized carbons (Fsp3) is 0.300. The van der Waals surface area contributed by atoms with Crippen molar-refractivity contribution in [3.63, 3.8) is 0 Å². The van der Waals surface area contributed by atoms with E-state index in [1.807, 2.05) is 0 Å². The van der Waals surface area contributed by atoms with Gasteiger partial charge >= 0.3 is 13.1 Å². The van der Waals surface area contributed by atoms with Crippen molar-refractivity contribution in [2.45, 2.75) is 19.8 Å². The highest BCUT2D eigenvalue weighted by Crippen LogP contribution is 2.05. The first-order valence-corrected chi connectivity index (χ1v) is 4.68. The third kappa shape index (κ3) is 3.38. The van der Waals surface area contributed by atoms with E-state index in [1.54, 1.807) is 25.1 Å². The highest BCUT2D eigenvalue weighted by Gasteiger charge is 2.13. The predicted octanol–water partition coefficient (Wildman–Crippen LogP) is -0.308. The molecule has 0 fully saturated rings. The highest BCUT2D eigenvalue weighted by atomic mass is 16.4. The van der Waals surface area contributed by atoms with E-state index >= 15 is 0 Å². The molecule has 0 unspecified atom stereocenters. The second-order valence-electron chi connectivity index (χ2n) is 3.46. The molecule has 5 heteroatoms. The molecule has 1 aromatic carbocycles. The number of hydrogen-bond donors (Lipinski definition) is 3. The van der Waals surface area contributed by atoms with Gasteiger partial charge in [-0.25, -0.2) is 0 Å². The molecule has 1 rings (SSSR count). The lowest BCUT2D eigenvalue weighted by Crippen LogP contribution is -2.32. The third-order valence-electron chi connectivity index (χ3n) is 2.24. The summed E-state index contributed by atoms with van der Waals surface area (Å²) in [6.07, 6.45) is 0.540.